The molecule has 1 aromatic heterocycles. The van der Waals surface area contributed by atoms with Gasteiger partial charge in [-0.05, 0) is 19.8 Å². The summed E-state index contributed by atoms with van der Waals surface area (Å²) >= 11 is 0. The van der Waals surface area contributed by atoms with Crippen LogP contribution >= 0.6 is 7.82 Å². The van der Waals surface area contributed by atoms with Crippen molar-refractivity contribution in [1.82, 2.24) is 14.6 Å². The molecule has 0 saturated carbocycles. The number of aliphatic hydroxyl groups is 1. The SMILES string of the molecule is Cc1cn([C@H]2C[C@H](O)[C@@H](COP(=O)(O)O[C@@H]3CCCN3N=O)O2)c(=O)[nH]c1=O. The van der Waals surface area contributed by atoms with Gasteiger partial charge in [-0.15, -0.1) is 4.91 Å². The second-order valence-corrected chi connectivity index (χ2v) is 8.03. The summed E-state index contributed by atoms with van der Waals surface area (Å²) in [5.41, 5.74) is -0.937. The molecule has 0 radical (unpaired) electrons. The van der Waals surface area contributed by atoms with Gasteiger partial charge >= 0.3 is 13.5 Å². The molecule has 2 fully saturated rings. The Hall–Kier alpha value is -1.89. The van der Waals surface area contributed by atoms with Crippen molar-refractivity contribution in [3.8, 4) is 0 Å². The maximum Gasteiger partial charge on any atom is 0.474 e. The number of H-pyrrole nitrogens is 1. The molecule has 3 heterocycles. The van der Waals surface area contributed by atoms with E-state index in [-0.39, 0.29) is 12.0 Å². The summed E-state index contributed by atoms with van der Waals surface area (Å²) in [4.78, 5) is 46.0. The zero-order chi connectivity index (χ0) is 20.5. The number of rotatable bonds is 7. The van der Waals surface area contributed by atoms with E-state index in [0.717, 1.165) is 9.58 Å². The van der Waals surface area contributed by atoms with Gasteiger partial charge in [0.05, 0.1) is 18.0 Å². The van der Waals surface area contributed by atoms with Gasteiger partial charge in [0, 0.05) is 24.7 Å². The van der Waals surface area contributed by atoms with Crippen LogP contribution in [0.15, 0.2) is 21.1 Å². The fraction of sp³-hybridized carbons (Fsp3) is 0.714. The van der Waals surface area contributed by atoms with Crippen LogP contribution in [-0.4, -0.2) is 56.1 Å². The van der Waals surface area contributed by atoms with Crippen molar-refractivity contribution >= 4 is 7.82 Å². The van der Waals surface area contributed by atoms with Crippen LogP contribution in [0.2, 0.25) is 0 Å². The fourth-order valence-electron chi connectivity index (χ4n) is 3.11. The van der Waals surface area contributed by atoms with Crippen LogP contribution in [0.4, 0.5) is 0 Å². The van der Waals surface area contributed by atoms with E-state index in [1.165, 1.54) is 13.1 Å². The number of aryl methyl sites for hydroxylation is 1. The molecule has 3 rings (SSSR count). The number of hydrogen-bond donors (Lipinski definition) is 3. The molecule has 2 aliphatic rings. The highest BCUT2D eigenvalue weighted by molar-refractivity contribution is 7.47. The molecular formula is C14H21N4O9P. The summed E-state index contributed by atoms with van der Waals surface area (Å²) in [6, 6.07) is 0. The summed E-state index contributed by atoms with van der Waals surface area (Å²) in [5, 5.41) is 13.9. The number of hydrogen-bond acceptors (Lipinski definition) is 9. The summed E-state index contributed by atoms with van der Waals surface area (Å²) in [5.74, 6) is 0. The third-order valence-electron chi connectivity index (χ3n) is 4.59. The van der Waals surface area contributed by atoms with Gasteiger partial charge in [-0.1, -0.05) is 0 Å². The average Bonchev–Trinajstić information content (AvgIpc) is 3.22. The van der Waals surface area contributed by atoms with Gasteiger partial charge in [-0.2, -0.15) is 0 Å². The molecule has 0 aliphatic carbocycles. The molecule has 0 spiro atoms. The molecule has 28 heavy (non-hydrogen) atoms. The molecule has 0 aromatic carbocycles. The van der Waals surface area contributed by atoms with E-state index in [1.54, 1.807) is 0 Å². The largest absolute Gasteiger partial charge is 0.474 e. The highest BCUT2D eigenvalue weighted by Crippen LogP contribution is 2.47. The molecule has 5 atom stereocenters. The van der Waals surface area contributed by atoms with Gasteiger partial charge in [0.25, 0.3) is 5.56 Å². The van der Waals surface area contributed by atoms with Crippen molar-refractivity contribution in [2.45, 2.75) is 50.8 Å². The Morgan fingerprint density at radius 1 is 1.46 bits per heavy atom. The van der Waals surface area contributed by atoms with E-state index < -0.39 is 50.3 Å². The first-order chi connectivity index (χ1) is 13.2. The predicted molar refractivity (Wildman–Crippen MR) is 93.0 cm³/mol. The third-order valence-corrected chi connectivity index (χ3v) is 5.58. The van der Waals surface area contributed by atoms with E-state index in [1.807, 2.05) is 0 Å². The molecule has 2 saturated heterocycles. The predicted octanol–water partition coefficient (Wildman–Crippen LogP) is -0.270. The number of aromatic amines is 1. The van der Waals surface area contributed by atoms with E-state index in [9.17, 15) is 29.1 Å². The molecule has 13 nitrogen and oxygen atoms in total. The standard InChI is InChI=1S/C14H21N4O9P/c1-8-6-17(14(21)15-13(8)20)12-5-9(19)10(26-12)7-25-28(23,24)27-11-3-2-4-18(11)16-22/h6,9-12,19H,2-5,7H2,1H3,(H,23,24)(H,15,20,21)/t9-,10+,11+,12+/m0/s1. The first-order valence-electron chi connectivity index (χ1n) is 8.61. The minimum absolute atomic E-state index is 0.0153. The molecule has 2 aliphatic heterocycles. The molecule has 0 amide bonds. The van der Waals surface area contributed by atoms with Crippen LogP contribution in [0.1, 0.15) is 31.1 Å². The summed E-state index contributed by atoms with van der Waals surface area (Å²) in [7, 11) is -4.53. The average molecular weight is 420 g/mol. The van der Waals surface area contributed by atoms with E-state index in [0.29, 0.717) is 19.4 Å². The van der Waals surface area contributed by atoms with Crippen LogP contribution in [0.5, 0.6) is 0 Å². The second-order valence-electron chi connectivity index (χ2n) is 6.62. The minimum Gasteiger partial charge on any atom is -0.390 e. The van der Waals surface area contributed by atoms with Crippen LogP contribution in [-0.2, 0) is 18.3 Å². The van der Waals surface area contributed by atoms with Crippen molar-refractivity contribution in [1.29, 1.82) is 0 Å². The molecular weight excluding hydrogens is 399 g/mol. The third kappa shape index (κ3) is 4.57. The van der Waals surface area contributed by atoms with Crippen molar-refractivity contribution in [3.05, 3.63) is 37.5 Å². The number of phosphoric acid groups is 1. The lowest BCUT2D eigenvalue weighted by molar-refractivity contribution is -0.0521. The zero-order valence-electron chi connectivity index (χ0n) is 15.0. The van der Waals surface area contributed by atoms with Crippen molar-refractivity contribution in [2.24, 2.45) is 5.29 Å². The van der Waals surface area contributed by atoms with Gasteiger partial charge in [0.2, 0.25) is 0 Å². The van der Waals surface area contributed by atoms with Gasteiger partial charge in [-0.3, -0.25) is 23.4 Å². The second kappa shape index (κ2) is 8.23. The lowest BCUT2D eigenvalue weighted by Crippen LogP contribution is -2.33. The highest BCUT2D eigenvalue weighted by atomic mass is 31.2. The lowest BCUT2D eigenvalue weighted by Gasteiger charge is -2.22. The van der Waals surface area contributed by atoms with Gasteiger partial charge in [0.15, 0.2) is 6.23 Å². The number of nitrogens with zero attached hydrogens (tertiary/aromatic N) is 3. The number of aliphatic hydroxyl groups excluding tert-OH is 1. The highest BCUT2D eigenvalue weighted by Gasteiger charge is 2.39. The summed E-state index contributed by atoms with van der Waals surface area (Å²) < 4.78 is 28.6. The lowest BCUT2D eigenvalue weighted by atomic mass is 10.2. The number of aromatic nitrogens is 2. The Labute approximate surface area is 158 Å². The van der Waals surface area contributed by atoms with Crippen molar-refractivity contribution in [2.75, 3.05) is 13.2 Å². The van der Waals surface area contributed by atoms with Crippen molar-refractivity contribution in [3.63, 3.8) is 0 Å². The smallest absolute Gasteiger partial charge is 0.390 e. The van der Waals surface area contributed by atoms with Gasteiger partial charge in [-0.25, -0.2) is 14.4 Å². The molecule has 14 heteroatoms. The minimum atomic E-state index is -4.53. The maximum absolute atomic E-state index is 12.1. The summed E-state index contributed by atoms with van der Waals surface area (Å²) in [6.07, 6.45) is -1.67. The van der Waals surface area contributed by atoms with Gasteiger partial charge < -0.3 is 14.7 Å². The molecule has 3 N–H and O–H groups in total. The normalized spacial score (nSPS) is 29.8. The first-order valence-corrected chi connectivity index (χ1v) is 10.1. The fourth-order valence-corrected chi connectivity index (χ4v) is 4.03. The number of nitroso groups, excluding NO2 is 1. The van der Waals surface area contributed by atoms with E-state index in [2.05, 4.69) is 10.3 Å². The van der Waals surface area contributed by atoms with Crippen LogP contribution < -0.4 is 11.2 Å². The van der Waals surface area contributed by atoms with E-state index >= 15 is 0 Å². The number of ether oxygens (including phenoxy) is 1. The molecule has 1 unspecified atom stereocenters. The quantitative estimate of drug-likeness (QED) is 0.394. The van der Waals surface area contributed by atoms with Crippen LogP contribution in [0, 0.1) is 11.8 Å². The molecule has 1 aromatic rings. The number of nitrogens with one attached hydrogen (secondary N) is 1. The zero-order valence-corrected chi connectivity index (χ0v) is 15.9. The maximum atomic E-state index is 12.1. The topological polar surface area (TPSA) is 173 Å². The van der Waals surface area contributed by atoms with Crippen LogP contribution in [0.3, 0.4) is 0 Å². The molecule has 0 bridgehead atoms. The van der Waals surface area contributed by atoms with Crippen LogP contribution in [0.25, 0.3) is 0 Å². The van der Waals surface area contributed by atoms with Crippen molar-refractivity contribution < 1.29 is 28.3 Å². The first kappa shape index (κ1) is 20.8. The summed E-state index contributed by atoms with van der Waals surface area (Å²) in [6.45, 7) is 1.35. The Morgan fingerprint density at radius 3 is 2.93 bits per heavy atom. The Kier molecular flexibility index (Phi) is 6.12. The Balaban J connectivity index is 1.60. The molecule has 156 valence electrons. The van der Waals surface area contributed by atoms with Gasteiger partial charge in [0.1, 0.15) is 12.3 Å². The Bertz CT molecular complexity index is 886. The Morgan fingerprint density at radius 2 is 2.21 bits per heavy atom. The number of phosphoric ester groups is 1. The monoisotopic (exact) mass is 420 g/mol. The van der Waals surface area contributed by atoms with E-state index in [4.69, 9.17) is 13.8 Å².